The number of rotatable bonds is 8. The second-order valence-corrected chi connectivity index (χ2v) is 15.2. The molecule has 3 rings (SSSR count). The topological polar surface area (TPSA) is 69.4 Å². The molecular weight excluding hydrogens is 382 g/mol. The lowest BCUT2D eigenvalue weighted by Gasteiger charge is -2.50. The summed E-state index contributed by atoms with van der Waals surface area (Å²) in [6.45, 7) is 12.9. The van der Waals surface area contributed by atoms with Gasteiger partial charge in [-0.2, -0.15) is 0 Å². The molecule has 2 bridgehead atoms. The van der Waals surface area contributed by atoms with Gasteiger partial charge < -0.3 is 4.43 Å². The van der Waals surface area contributed by atoms with E-state index < -0.39 is 19.8 Å². The molecule has 4 atom stereocenters. The number of carbonyl (C=O) groups excluding carboxylic acids is 1. The molecule has 1 aromatic rings. The normalized spacial score (nSPS) is 31.6. The van der Waals surface area contributed by atoms with Crippen molar-refractivity contribution < 1.29 is 14.1 Å². The van der Waals surface area contributed by atoms with Gasteiger partial charge in [0.2, 0.25) is 6.54 Å². The molecule has 2 aliphatic rings. The van der Waals surface area contributed by atoms with Crippen LogP contribution in [-0.2, 0) is 9.22 Å². The third-order valence-electron chi connectivity index (χ3n) is 7.86. The fraction of sp³-hybridized carbons (Fsp3) is 0.696. The Bertz CT molecular complexity index is 788. The lowest BCUT2D eigenvalue weighted by molar-refractivity contribution is -0.483. The first-order valence-electron chi connectivity index (χ1n) is 10.7. The molecule has 2 saturated carbocycles. The van der Waals surface area contributed by atoms with E-state index in [0.29, 0.717) is 5.92 Å². The minimum Gasteiger partial charge on any atom is -0.405 e. The zero-order valence-electron chi connectivity index (χ0n) is 18.7. The monoisotopic (exact) mass is 417 g/mol. The number of carbonyl (C=O) groups is 1. The van der Waals surface area contributed by atoms with E-state index >= 15 is 0 Å². The number of benzene rings is 1. The molecular formula is C23H35NO4Si. The largest absolute Gasteiger partial charge is 0.405 e. The lowest BCUT2D eigenvalue weighted by Crippen LogP contribution is -2.59. The molecule has 4 unspecified atom stereocenters. The average molecular weight is 418 g/mol. The third kappa shape index (κ3) is 3.70. The van der Waals surface area contributed by atoms with Crippen LogP contribution in [-0.4, -0.2) is 31.2 Å². The molecule has 29 heavy (non-hydrogen) atoms. The number of fused-ring (bicyclic) bond motifs is 2. The molecule has 0 spiro atoms. The Morgan fingerprint density at radius 2 is 1.86 bits per heavy atom. The maximum Gasteiger partial charge on any atom is 0.211 e. The van der Waals surface area contributed by atoms with Crippen molar-refractivity contribution in [1.82, 2.24) is 0 Å². The van der Waals surface area contributed by atoms with Gasteiger partial charge in [0.05, 0.1) is 5.92 Å². The van der Waals surface area contributed by atoms with Crippen LogP contribution in [0.5, 0.6) is 0 Å². The molecule has 5 nitrogen and oxygen atoms in total. The zero-order chi connectivity index (χ0) is 21.7. The van der Waals surface area contributed by atoms with Gasteiger partial charge in [0.1, 0.15) is 5.60 Å². The van der Waals surface area contributed by atoms with Crippen LogP contribution in [0.25, 0.3) is 0 Å². The summed E-state index contributed by atoms with van der Waals surface area (Å²) >= 11 is 0. The van der Waals surface area contributed by atoms with Crippen molar-refractivity contribution in [1.29, 1.82) is 0 Å². The van der Waals surface area contributed by atoms with Gasteiger partial charge >= 0.3 is 0 Å². The molecule has 160 valence electrons. The molecule has 2 fully saturated rings. The van der Waals surface area contributed by atoms with Gasteiger partial charge in [0.25, 0.3) is 0 Å². The van der Waals surface area contributed by atoms with Crippen LogP contribution < -0.4 is 0 Å². The Kier molecular flexibility index (Phi) is 5.58. The smallest absolute Gasteiger partial charge is 0.211 e. The van der Waals surface area contributed by atoms with Gasteiger partial charge in [-0.15, -0.1) is 0 Å². The molecule has 0 N–H and O–H groups in total. The van der Waals surface area contributed by atoms with Crippen LogP contribution in [0.15, 0.2) is 30.3 Å². The van der Waals surface area contributed by atoms with Crippen molar-refractivity contribution in [2.75, 3.05) is 6.54 Å². The maximum absolute atomic E-state index is 14.0. The van der Waals surface area contributed by atoms with E-state index in [0.717, 1.165) is 24.8 Å². The Balaban J connectivity index is 1.99. The SMILES string of the molecule is CC1(C)C2CCC1(C)C(O[Si](C)(C)C)(C(=O)CC(C[N+](=O)[O-])c1ccccc1)C2. The van der Waals surface area contributed by atoms with Crippen LogP contribution >= 0.6 is 0 Å². The van der Waals surface area contributed by atoms with E-state index in [1.807, 2.05) is 30.3 Å². The molecule has 1 aromatic carbocycles. The molecule has 0 heterocycles. The van der Waals surface area contributed by atoms with Gasteiger partial charge in [-0.05, 0) is 55.8 Å². The minimum atomic E-state index is -2.02. The average Bonchev–Trinajstić information content (AvgIpc) is 2.92. The summed E-state index contributed by atoms with van der Waals surface area (Å²) in [5.41, 5.74) is -0.188. The fourth-order valence-corrected chi connectivity index (χ4v) is 7.45. The summed E-state index contributed by atoms with van der Waals surface area (Å²) < 4.78 is 6.78. The molecule has 0 saturated heterocycles. The highest BCUT2D eigenvalue weighted by Gasteiger charge is 2.72. The summed E-state index contributed by atoms with van der Waals surface area (Å²) in [4.78, 5) is 25.0. The Hall–Kier alpha value is -1.53. The Morgan fingerprint density at radius 3 is 2.31 bits per heavy atom. The highest BCUT2D eigenvalue weighted by atomic mass is 28.4. The number of hydrogen-bond donors (Lipinski definition) is 0. The van der Waals surface area contributed by atoms with E-state index in [2.05, 4.69) is 40.4 Å². The van der Waals surface area contributed by atoms with E-state index in [9.17, 15) is 14.9 Å². The summed E-state index contributed by atoms with van der Waals surface area (Å²) in [7, 11) is -2.02. The lowest BCUT2D eigenvalue weighted by atomic mass is 9.62. The van der Waals surface area contributed by atoms with E-state index in [4.69, 9.17) is 4.43 Å². The summed E-state index contributed by atoms with van der Waals surface area (Å²) in [5, 5.41) is 11.4. The standard InChI is InChI=1S/C23H35NO4Si/c1-21(2)19-12-13-22(21,3)23(15-19,28-29(4,5)6)20(25)14-18(16-24(26)27)17-10-8-7-9-11-17/h7-11,18-19H,12-16H2,1-6H3. The molecule has 2 aliphatic carbocycles. The Labute approximate surface area is 175 Å². The van der Waals surface area contributed by atoms with Crippen molar-refractivity contribution in [2.45, 2.75) is 77.6 Å². The van der Waals surface area contributed by atoms with Gasteiger partial charge in [-0.25, -0.2) is 0 Å². The number of hydrogen-bond acceptors (Lipinski definition) is 4. The summed E-state index contributed by atoms with van der Waals surface area (Å²) in [5.74, 6) is 0.0959. The zero-order valence-corrected chi connectivity index (χ0v) is 19.7. The predicted octanol–water partition coefficient (Wildman–Crippen LogP) is 5.44. The third-order valence-corrected chi connectivity index (χ3v) is 8.82. The number of nitro groups is 1. The van der Waals surface area contributed by atoms with Gasteiger partial charge in [0.15, 0.2) is 14.1 Å². The summed E-state index contributed by atoms with van der Waals surface area (Å²) in [6, 6.07) is 9.43. The number of Topliss-reactive ketones (excluding diaryl/α,β-unsaturated/α-hetero) is 1. The van der Waals surface area contributed by atoms with Crippen molar-refractivity contribution in [3.8, 4) is 0 Å². The first-order chi connectivity index (χ1) is 13.3. The van der Waals surface area contributed by atoms with Crippen LogP contribution in [0.3, 0.4) is 0 Å². The van der Waals surface area contributed by atoms with E-state index in [-0.39, 0.29) is 34.5 Å². The highest BCUT2D eigenvalue weighted by Crippen LogP contribution is 2.71. The van der Waals surface area contributed by atoms with Crippen LogP contribution in [0.4, 0.5) is 0 Å². The molecule has 0 amide bonds. The Morgan fingerprint density at radius 1 is 1.24 bits per heavy atom. The van der Waals surface area contributed by atoms with Crippen molar-refractivity contribution in [3.63, 3.8) is 0 Å². The molecule has 0 radical (unpaired) electrons. The molecule has 6 heteroatoms. The van der Waals surface area contributed by atoms with Gasteiger partial charge in [-0.1, -0.05) is 51.1 Å². The van der Waals surface area contributed by atoms with Crippen molar-refractivity contribution >= 4 is 14.1 Å². The van der Waals surface area contributed by atoms with Gasteiger partial charge in [0, 0.05) is 16.8 Å². The number of ketones is 1. The van der Waals surface area contributed by atoms with E-state index in [1.165, 1.54) is 0 Å². The van der Waals surface area contributed by atoms with Crippen LogP contribution in [0.1, 0.15) is 57.9 Å². The van der Waals surface area contributed by atoms with Crippen molar-refractivity contribution in [2.24, 2.45) is 16.7 Å². The minimum absolute atomic E-state index is 0.0215. The second kappa shape index (κ2) is 7.31. The quantitative estimate of drug-likeness (QED) is 0.321. The summed E-state index contributed by atoms with van der Waals surface area (Å²) in [6.07, 6.45) is 3.02. The molecule has 0 aromatic heterocycles. The van der Waals surface area contributed by atoms with Crippen LogP contribution in [0.2, 0.25) is 19.6 Å². The van der Waals surface area contributed by atoms with E-state index in [1.54, 1.807) is 0 Å². The fourth-order valence-electron chi connectivity index (χ4n) is 5.99. The predicted molar refractivity (Wildman–Crippen MR) is 117 cm³/mol. The maximum atomic E-state index is 14.0. The van der Waals surface area contributed by atoms with Crippen LogP contribution in [0, 0.1) is 26.9 Å². The van der Waals surface area contributed by atoms with Crippen molar-refractivity contribution in [3.05, 3.63) is 46.0 Å². The number of nitrogens with zero attached hydrogens (tertiary/aromatic N) is 1. The molecule has 0 aliphatic heterocycles. The highest BCUT2D eigenvalue weighted by molar-refractivity contribution is 6.70. The first kappa shape index (κ1) is 22.2. The first-order valence-corrected chi connectivity index (χ1v) is 14.1. The van der Waals surface area contributed by atoms with Gasteiger partial charge in [-0.3, -0.25) is 14.9 Å². The second-order valence-electron chi connectivity index (χ2n) is 10.8.